The molecule has 0 saturated carbocycles. The smallest absolute Gasteiger partial charge is 0.331 e. The topological polar surface area (TPSA) is 88.5 Å². The lowest BCUT2D eigenvalue weighted by molar-refractivity contribution is -0.137. The molecule has 2 N–H and O–H groups in total. The highest BCUT2D eigenvalue weighted by molar-refractivity contribution is 7.13. The van der Waals surface area contributed by atoms with Gasteiger partial charge in [-0.25, -0.2) is 4.79 Å². The Kier molecular flexibility index (Phi) is 12.5. The van der Waals surface area contributed by atoms with Crippen molar-refractivity contribution in [2.75, 3.05) is 32.9 Å². The maximum absolute atomic E-state index is 11.8. The van der Waals surface area contributed by atoms with Gasteiger partial charge in [0.05, 0.1) is 6.61 Å². The van der Waals surface area contributed by atoms with Crippen molar-refractivity contribution in [2.45, 2.75) is 45.4 Å². The number of aliphatic hydroxyl groups is 2. The van der Waals surface area contributed by atoms with Crippen molar-refractivity contribution in [3.05, 3.63) is 88.6 Å². The van der Waals surface area contributed by atoms with Crippen LogP contribution in [0, 0.1) is 0 Å². The molecule has 1 aromatic heterocycles. The molecule has 3 unspecified atom stereocenters. The van der Waals surface area contributed by atoms with Gasteiger partial charge < -0.3 is 24.4 Å². The minimum absolute atomic E-state index is 0.0172. The average molecular weight is 554 g/mol. The highest BCUT2D eigenvalue weighted by Gasteiger charge is 2.23. The van der Waals surface area contributed by atoms with E-state index in [2.05, 4.69) is 17.9 Å². The molecule has 0 saturated heterocycles. The molecule has 8 heteroatoms. The van der Waals surface area contributed by atoms with E-state index in [0.29, 0.717) is 31.2 Å². The van der Waals surface area contributed by atoms with Crippen molar-refractivity contribution in [1.82, 2.24) is 4.90 Å². The number of benzene rings is 2. The van der Waals surface area contributed by atoms with E-state index in [1.807, 2.05) is 73.7 Å². The third kappa shape index (κ3) is 10.8. The number of hydrogen-bond donors (Lipinski definition) is 2. The van der Waals surface area contributed by atoms with E-state index in [4.69, 9.17) is 14.2 Å². The van der Waals surface area contributed by atoms with Crippen LogP contribution in [-0.4, -0.2) is 72.2 Å². The maximum Gasteiger partial charge on any atom is 0.331 e. The van der Waals surface area contributed by atoms with Gasteiger partial charge in [-0.1, -0.05) is 36.4 Å². The number of esters is 1. The third-order valence-electron chi connectivity index (χ3n) is 6.05. The number of carbonyl (C=O) groups is 1. The summed E-state index contributed by atoms with van der Waals surface area (Å²) in [5, 5.41) is 21.6. The van der Waals surface area contributed by atoms with Gasteiger partial charge in [0.25, 0.3) is 0 Å². The summed E-state index contributed by atoms with van der Waals surface area (Å²) >= 11 is 1.62. The molecule has 2 aromatic carbocycles. The second-order valence-electron chi connectivity index (χ2n) is 9.41. The van der Waals surface area contributed by atoms with Gasteiger partial charge >= 0.3 is 5.97 Å². The number of thiophene rings is 1. The Balaban J connectivity index is 1.63. The van der Waals surface area contributed by atoms with Gasteiger partial charge in [0.2, 0.25) is 0 Å². The summed E-state index contributed by atoms with van der Waals surface area (Å²) in [7, 11) is 0. The second kappa shape index (κ2) is 16.1. The molecule has 0 radical (unpaired) electrons. The first-order chi connectivity index (χ1) is 18.8. The maximum atomic E-state index is 11.8. The first-order valence-corrected chi connectivity index (χ1v) is 14.1. The number of hydrogen-bond acceptors (Lipinski definition) is 8. The Morgan fingerprint density at radius 3 is 1.95 bits per heavy atom. The zero-order valence-electron chi connectivity index (χ0n) is 22.9. The van der Waals surface area contributed by atoms with Gasteiger partial charge in [-0.2, -0.15) is 0 Å². The molecule has 0 spiro atoms. The standard InChI is InChI=1S/C31H39NO6S/c1-4-36-31(35)17-23(2)30-16-15-29(39-30)18-24(3)32(19-25(33)21-37-27-11-7-5-8-12-27)20-26(34)22-38-28-13-9-6-10-14-28/h5-17,24-26,33-34H,4,18-22H2,1-3H3. The number of carbonyl (C=O) groups excluding carboxylic acids is 1. The molecule has 0 aliphatic rings. The summed E-state index contributed by atoms with van der Waals surface area (Å²) in [6, 6.07) is 22.9. The molecule has 1 heterocycles. The second-order valence-corrected chi connectivity index (χ2v) is 10.6. The van der Waals surface area contributed by atoms with Crippen LogP contribution >= 0.6 is 11.3 Å². The Hall–Kier alpha value is -3.17. The van der Waals surface area contributed by atoms with Crippen molar-refractivity contribution in [3.8, 4) is 11.5 Å². The van der Waals surface area contributed by atoms with Crippen LogP contribution in [0.25, 0.3) is 5.57 Å². The summed E-state index contributed by atoms with van der Waals surface area (Å²) in [5.41, 5.74) is 0.858. The summed E-state index contributed by atoms with van der Waals surface area (Å²) in [5.74, 6) is 1.05. The van der Waals surface area contributed by atoms with Gasteiger partial charge in [0.15, 0.2) is 0 Å². The van der Waals surface area contributed by atoms with Gasteiger partial charge in [0.1, 0.15) is 36.9 Å². The fraction of sp³-hybridized carbons (Fsp3) is 0.387. The van der Waals surface area contributed by atoms with E-state index in [1.54, 1.807) is 18.3 Å². The van der Waals surface area contributed by atoms with E-state index in [0.717, 1.165) is 21.7 Å². The molecule has 3 aromatic rings. The lowest BCUT2D eigenvalue weighted by atomic mass is 10.1. The molecule has 0 aliphatic heterocycles. The Morgan fingerprint density at radius 1 is 0.897 bits per heavy atom. The van der Waals surface area contributed by atoms with Crippen LogP contribution < -0.4 is 9.47 Å². The number of aliphatic hydroxyl groups excluding tert-OH is 2. The monoisotopic (exact) mass is 553 g/mol. The zero-order valence-corrected chi connectivity index (χ0v) is 23.7. The highest BCUT2D eigenvalue weighted by atomic mass is 32.1. The summed E-state index contributed by atoms with van der Waals surface area (Å²) in [4.78, 5) is 16.0. The average Bonchev–Trinajstić information content (AvgIpc) is 3.40. The Morgan fingerprint density at radius 2 is 1.44 bits per heavy atom. The lowest BCUT2D eigenvalue weighted by Gasteiger charge is -2.32. The number of rotatable bonds is 16. The minimum Gasteiger partial charge on any atom is -0.491 e. The minimum atomic E-state index is -0.747. The molecule has 0 aliphatic carbocycles. The lowest BCUT2D eigenvalue weighted by Crippen LogP contribution is -2.46. The quantitative estimate of drug-likeness (QED) is 0.194. The van der Waals surface area contributed by atoms with Gasteiger partial charge in [0, 0.05) is 35.0 Å². The molecule has 39 heavy (non-hydrogen) atoms. The molecule has 210 valence electrons. The first-order valence-electron chi connectivity index (χ1n) is 13.2. The Bertz CT molecular complexity index is 1100. The highest BCUT2D eigenvalue weighted by Crippen LogP contribution is 2.26. The third-order valence-corrected chi connectivity index (χ3v) is 7.30. The van der Waals surface area contributed by atoms with Crippen molar-refractivity contribution in [3.63, 3.8) is 0 Å². The predicted octanol–water partition coefficient (Wildman–Crippen LogP) is 4.83. The summed E-state index contributed by atoms with van der Waals surface area (Å²) in [6.45, 7) is 7.05. The van der Waals surface area contributed by atoms with Crippen molar-refractivity contribution in [2.24, 2.45) is 0 Å². The summed E-state index contributed by atoms with van der Waals surface area (Å²) in [6.07, 6.45) is 0.740. The molecular formula is C31H39NO6S. The van der Waals surface area contributed by atoms with Crippen LogP contribution in [0.15, 0.2) is 78.9 Å². The molecule has 0 bridgehead atoms. The van der Waals surface area contributed by atoms with E-state index in [1.165, 1.54) is 6.08 Å². The molecule has 3 rings (SSSR count). The molecule has 0 amide bonds. The van der Waals surface area contributed by atoms with E-state index >= 15 is 0 Å². The largest absolute Gasteiger partial charge is 0.491 e. The Labute approximate surface area is 235 Å². The van der Waals surface area contributed by atoms with Crippen molar-refractivity contribution in [1.29, 1.82) is 0 Å². The van der Waals surface area contributed by atoms with E-state index in [-0.39, 0.29) is 25.2 Å². The molecular weight excluding hydrogens is 514 g/mol. The van der Waals surface area contributed by atoms with Gasteiger partial charge in [-0.3, -0.25) is 4.90 Å². The first kappa shape index (κ1) is 30.4. The summed E-state index contributed by atoms with van der Waals surface area (Å²) < 4.78 is 16.5. The van der Waals surface area contributed by atoms with E-state index in [9.17, 15) is 15.0 Å². The number of ether oxygens (including phenoxy) is 3. The molecule has 0 fully saturated rings. The molecule has 3 atom stereocenters. The zero-order chi connectivity index (χ0) is 28.0. The van der Waals surface area contributed by atoms with Gasteiger partial charge in [-0.15, -0.1) is 11.3 Å². The van der Waals surface area contributed by atoms with Crippen LogP contribution in [0.3, 0.4) is 0 Å². The number of nitrogens with zero attached hydrogens (tertiary/aromatic N) is 1. The fourth-order valence-electron chi connectivity index (χ4n) is 4.05. The van der Waals surface area contributed by atoms with Crippen molar-refractivity contribution < 1.29 is 29.2 Å². The van der Waals surface area contributed by atoms with Crippen molar-refractivity contribution >= 4 is 22.9 Å². The number of allylic oxidation sites excluding steroid dienone is 1. The van der Waals surface area contributed by atoms with E-state index < -0.39 is 12.2 Å². The van der Waals surface area contributed by atoms with Crippen LogP contribution in [0.5, 0.6) is 11.5 Å². The normalized spacial score (nSPS) is 14.1. The van der Waals surface area contributed by atoms with Crippen LogP contribution in [0.1, 0.15) is 30.5 Å². The van der Waals surface area contributed by atoms with Gasteiger partial charge in [-0.05, 0) is 69.2 Å². The SMILES string of the molecule is CCOC(=O)C=C(C)c1ccc(CC(C)N(CC(O)COc2ccccc2)CC(O)COc2ccccc2)s1. The predicted molar refractivity (Wildman–Crippen MR) is 155 cm³/mol. The fourth-order valence-corrected chi connectivity index (χ4v) is 5.15. The molecule has 7 nitrogen and oxygen atoms in total. The van der Waals surface area contributed by atoms with Crippen LogP contribution in [0.4, 0.5) is 0 Å². The number of para-hydroxylation sites is 2. The van der Waals surface area contributed by atoms with Crippen LogP contribution in [-0.2, 0) is 16.0 Å². The van der Waals surface area contributed by atoms with Crippen LogP contribution in [0.2, 0.25) is 0 Å².